The minimum Gasteiger partial charge on any atom is -0.383 e. The van der Waals surface area contributed by atoms with Crippen LogP contribution in [0.25, 0.3) is 0 Å². The highest BCUT2D eigenvalue weighted by Crippen LogP contribution is 2.32. The minimum atomic E-state index is 0.344. The first-order valence-electron chi connectivity index (χ1n) is 6.32. The van der Waals surface area contributed by atoms with Gasteiger partial charge in [0.2, 0.25) is 0 Å². The largest absolute Gasteiger partial charge is 0.383 e. The maximum absolute atomic E-state index is 5.73. The molecule has 0 amide bonds. The van der Waals surface area contributed by atoms with E-state index in [0.29, 0.717) is 12.1 Å². The number of hydrogen-bond donors (Lipinski definition) is 1. The van der Waals surface area contributed by atoms with Gasteiger partial charge in [-0.1, -0.05) is 0 Å². The van der Waals surface area contributed by atoms with Crippen LogP contribution in [0.5, 0.6) is 0 Å². The summed E-state index contributed by atoms with van der Waals surface area (Å²) in [7, 11) is 3.94. The van der Waals surface area contributed by atoms with E-state index in [9.17, 15) is 0 Å². The zero-order valence-electron chi connectivity index (χ0n) is 10.4. The van der Waals surface area contributed by atoms with E-state index in [0.717, 1.165) is 38.8 Å². The Morgan fingerprint density at radius 2 is 2.31 bits per heavy atom. The van der Waals surface area contributed by atoms with Gasteiger partial charge in [-0.2, -0.15) is 0 Å². The molecule has 1 saturated carbocycles. The van der Waals surface area contributed by atoms with Crippen LogP contribution in [0.4, 0.5) is 0 Å². The van der Waals surface area contributed by atoms with E-state index in [1.165, 1.54) is 12.8 Å². The van der Waals surface area contributed by atoms with Gasteiger partial charge in [0.15, 0.2) is 0 Å². The second-order valence-corrected chi connectivity index (χ2v) is 5.06. The lowest BCUT2D eigenvalue weighted by atomic mass is 10.2. The third-order valence-corrected chi connectivity index (χ3v) is 3.49. The normalized spacial score (nSPS) is 29.2. The molecule has 0 aromatic heterocycles. The Labute approximate surface area is 98.3 Å². The molecule has 1 aliphatic carbocycles. The summed E-state index contributed by atoms with van der Waals surface area (Å²) in [5.74, 6) is 0.835. The lowest BCUT2D eigenvalue weighted by Crippen LogP contribution is -2.48. The molecule has 16 heavy (non-hydrogen) atoms. The molecule has 94 valence electrons. The summed E-state index contributed by atoms with van der Waals surface area (Å²) in [6.45, 7) is 4.74. The first-order valence-corrected chi connectivity index (χ1v) is 6.32. The predicted molar refractivity (Wildman–Crippen MR) is 63.6 cm³/mol. The fourth-order valence-corrected chi connectivity index (χ4v) is 2.31. The highest BCUT2D eigenvalue weighted by atomic mass is 16.5. The summed E-state index contributed by atoms with van der Waals surface area (Å²) in [5.41, 5.74) is 0. The summed E-state index contributed by atoms with van der Waals surface area (Å²) in [5, 5.41) is 3.60. The molecule has 2 fully saturated rings. The molecule has 0 aromatic carbocycles. The highest BCUT2D eigenvalue weighted by Gasteiger charge is 2.31. The average molecular weight is 228 g/mol. The monoisotopic (exact) mass is 228 g/mol. The molecular weight excluding hydrogens is 204 g/mol. The maximum atomic E-state index is 5.73. The second-order valence-electron chi connectivity index (χ2n) is 5.06. The van der Waals surface area contributed by atoms with Crippen molar-refractivity contribution >= 4 is 0 Å². The van der Waals surface area contributed by atoms with E-state index >= 15 is 0 Å². The van der Waals surface area contributed by atoms with Crippen LogP contribution in [-0.2, 0) is 9.47 Å². The van der Waals surface area contributed by atoms with E-state index < -0.39 is 0 Å². The third-order valence-electron chi connectivity index (χ3n) is 3.49. The molecular formula is C12H24N2O2. The van der Waals surface area contributed by atoms with Gasteiger partial charge in [0.1, 0.15) is 0 Å². The van der Waals surface area contributed by atoms with Crippen LogP contribution in [0.3, 0.4) is 0 Å². The topological polar surface area (TPSA) is 33.7 Å². The Kier molecular flexibility index (Phi) is 4.58. The van der Waals surface area contributed by atoms with Gasteiger partial charge in [-0.15, -0.1) is 0 Å². The summed E-state index contributed by atoms with van der Waals surface area (Å²) in [4.78, 5) is 2.33. The standard InChI is InChI=1S/C12H24N2O2/c1-14-5-6-16-11(8-14)7-13-12(9-15-2)10-3-4-10/h10-13H,3-9H2,1-2H3. The second kappa shape index (κ2) is 5.96. The van der Waals surface area contributed by atoms with Crippen LogP contribution in [0.2, 0.25) is 0 Å². The molecule has 0 aromatic rings. The third kappa shape index (κ3) is 3.70. The number of likely N-dealkylation sites (N-methyl/N-ethyl adjacent to an activating group) is 1. The van der Waals surface area contributed by atoms with Crippen LogP contribution in [-0.4, -0.2) is 64.1 Å². The van der Waals surface area contributed by atoms with Crippen molar-refractivity contribution in [3.05, 3.63) is 0 Å². The molecule has 0 radical (unpaired) electrons. The fourth-order valence-electron chi connectivity index (χ4n) is 2.31. The Morgan fingerprint density at radius 3 is 2.94 bits per heavy atom. The molecule has 4 nitrogen and oxygen atoms in total. The first-order chi connectivity index (χ1) is 7.79. The summed E-state index contributed by atoms with van der Waals surface area (Å²) in [6, 6.07) is 0.529. The molecule has 0 spiro atoms. The number of morpholine rings is 1. The molecule has 1 heterocycles. The van der Waals surface area contributed by atoms with Crippen molar-refractivity contribution in [2.75, 3.05) is 47.0 Å². The van der Waals surface area contributed by atoms with Crippen LogP contribution in [0.1, 0.15) is 12.8 Å². The van der Waals surface area contributed by atoms with Crippen molar-refractivity contribution in [2.45, 2.75) is 25.0 Å². The van der Waals surface area contributed by atoms with Gasteiger partial charge in [0, 0.05) is 32.8 Å². The van der Waals surface area contributed by atoms with Crippen LogP contribution in [0, 0.1) is 5.92 Å². The number of nitrogens with one attached hydrogen (secondary N) is 1. The molecule has 1 N–H and O–H groups in total. The van der Waals surface area contributed by atoms with E-state index in [-0.39, 0.29) is 0 Å². The van der Waals surface area contributed by atoms with E-state index in [1.807, 2.05) is 0 Å². The average Bonchev–Trinajstić information content (AvgIpc) is 3.08. The van der Waals surface area contributed by atoms with E-state index in [1.54, 1.807) is 7.11 Å². The van der Waals surface area contributed by atoms with Gasteiger partial charge < -0.3 is 19.7 Å². The van der Waals surface area contributed by atoms with Crippen molar-refractivity contribution < 1.29 is 9.47 Å². The molecule has 2 aliphatic rings. The van der Waals surface area contributed by atoms with Gasteiger partial charge in [-0.3, -0.25) is 0 Å². The van der Waals surface area contributed by atoms with Gasteiger partial charge in [-0.25, -0.2) is 0 Å². The Balaban J connectivity index is 1.67. The number of nitrogens with zero attached hydrogens (tertiary/aromatic N) is 1. The first kappa shape index (κ1) is 12.3. The quantitative estimate of drug-likeness (QED) is 0.710. The zero-order chi connectivity index (χ0) is 11.4. The van der Waals surface area contributed by atoms with E-state index in [4.69, 9.17) is 9.47 Å². The smallest absolute Gasteiger partial charge is 0.0826 e. The zero-order valence-corrected chi connectivity index (χ0v) is 10.4. The molecule has 2 atom stereocenters. The maximum Gasteiger partial charge on any atom is 0.0826 e. The van der Waals surface area contributed by atoms with Gasteiger partial charge >= 0.3 is 0 Å². The predicted octanol–water partition coefficient (Wildman–Crippen LogP) is 0.332. The minimum absolute atomic E-state index is 0.344. The number of methoxy groups -OCH3 is 1. The molecule has 1 aliphatic heterocycles. The van der Waals surface area contributed by atoms with Crippen LogP contribution in [0.15, 0.2) is 0 Å². The van der Waals surface area contributed by atoms with Crippen molar-refractivity contribution in [3.8, 4) is 0 Å². The van der Waals surface area contributed by atoms with Crippen molar-refractivity contribution in [1.82, 2.24) is 10.2 Å². The summed E-state index contributed by atoms with van der Waals surface area (Å²) < 4.78 is 11.0. The lowest BCUT2D eigenvalue weighted by Gasteiger charge is -2.31. The summed E-state index contributed by atoms with van der Waals surface area (Å²) in [6.07, 6.45) is 3.05. The van der Waals surface area contributed by atoms with Gasteiger partial charge in [0.25, 0.3) is 0 Å². The molecule has 1 saturated heterocycles. The van der Waals surface area contributed by atoms with Gasteiger partial charge in [0.05, 0.1) is 19.3 Å². The van der Waals surface area contributed by atoms with Crippen molar-refractivity contribution in [1.29, 1.82) is 0 Å². The number of rotatable bonds is 6. The lowest BCUT2D eigenvalue weighted by molar-refractivity contribution is -0.0207. The van der Waals surface area contributed by atoms with Crippen LogP contribution >= 0.6 is 0 Å². The number of hydrogen-bond acceptors (Lipinski definition) is 4. The van der Waals surface area contributed by atoms with Crippen LogP contribution < -0.4 is 5.32 Å². The molecule has 0 bridgehead atoms. The fraction of sp³-hybridized carbons (Fsp3) is 1.00. The van der Waals surface area contributed by atoms with E-state index in [2.05, 4.69) is 17.3 Å². The molecule has 4 heteroatoms. The SMILES string of the molecule is COCC(NCC1CN(C)CCO1)C1CC1. The Morgan fingerprint density at radius 1 is 1.50 bits per heavy atom. The van der Waals surface area contributed by atoms with Crippen molar-refractivity contribution in [3.63, 3.8) is 0 Å². The highest BCUT2D eigenvalue weighted by molar-refractivity contribution is 4.87. The molecule has 2 unspecified atom stereocenters. The number of ether oxygens (including phenoxy) is 2. The summed E-state index contributed by atoms with van der Waals surface area (Å²) >= 11 is 0. The Hall–Kier alpha value is -0.160. The van der Waals surface area contributed by atoms with Gasteiger partial charge in [-0.05, 0) is 25.8 Å². The Bertz CT molecular complexity index is 209. The molecule has 2 rings (SSSR count). The van der Waals surface area contributed by atoms with Crippen molar-refractivity contribution in [2.24, 2.45) is 5.92 Å².